The average molecular weight is 406 g/mol. The van der Waals surface area contributed by atoms with Gasteiger partial charge in [-0.15, -0.1) is 0 Å². The number of para-hydroxylation sites is 1. The first-order valence-electron chi connectivity index (χ1n) is 9.64. The highest BCUT2D eigenvalue weighted by Crippen LogP contribution is 2.24. The van der Waals surface area contributed by atoms with Crippen LogP contribution in [0.1, 0.15) is 40.1 Å². The number of Topliss-reactive ketones (excluding diaryl/α,β-unsaturated/α-hetero) is 1. The molecular weight excluding hydrogens is 383 g/mol. The lowest BCUT2D eigenvalue weighted by atomic mass is 10.1. The third-order valence-electron chi connectivity index (χ3n) is 4.51. The Kier molecular flexibility index (Phi) is 6.80. The number of ketones is 1. The first-order chi connectivity index (χ1) is 14.5. The van der Waals surface area contributed by atoms with Crippen molar-refractivity contribution in [3.8, 4) is 5.75 Å². The zero-order chi connectivity index (χ0) is 21.5. The van der Waals surface area contributed by atoms with E-state index in [4.69, 9.17) is 4.74 Å². The Balaban J connectivity index is 1.80. The van der Waals surface area contributed by atoms with Crippen LogP contribution in [0.3, 0.4) is 0 Å². The highest BCUT2D eigenvalue weighted by atomic mass is 19.1. The second kappa shape index (κ2) is 9.69. The van der Waals surface area contributed by atoms with E-state index in [1.165, 1.54) is 31.2 Å². The van der Waals surface area contributed by atoms with Gasteiger partial charge in [0.05, 0.1) is 12.2 Å². The monoisotopic (exact) mass is 406 g/mol. The Morgan fingerprint density at radius 3 is 2.43 bits per heavy atom. The van der Waals surface area contributed by atoms with E-state index in [1.807, 2.05) is 13.0 Å². The van der Waals surface area contributed by atoms with Crippen molar-refractivity contribution in [2.45, 2.75) is 20.4 Å². The number of rotatable bonds is 8. The summed E-state index contributed by atoms with van der Waals surface area (Å²) in [6.45, 7) is 4.29. The lowest BCUT2D eigenvalue weighted by molar-refractivity contribution is 0.101. The lowest BCUT2D eigenvalue weighted by Gasteiger charge is -2.15. The number of carbonyl (C=O) groups is 2. The van der Waals surface area contributed by atoms with Gasteiger partial charge in [0.25, 0.3) is 5.91 Å². The maximum atomic E-state index is 13.1. The van der Waals surface area contributed by atoms with Crippen LogP contribution < -0.4 is 15.4 Å². The maximum absolute atomic E-state index is 13.1. The Hall–Kier alpha value is -3.67. The predicted molar refractivity (Wildman–Crippen MR) is 116 cm³/mol. The van der Waals surface area contributed by atoms with Crippen LogP contribution >= 0.6 is 0 Å². The topological polar surface area (TPSA) is 67.4 Å². The molecule has 1 amide bonds. The molecule has 0 bridgehead atoms. The smallest absolute Gasteiger partial charge is 0.257 e. The van der Waals surface area contributed by atoms with Gasteiger partial charge in [0, 0.05) is 29.0 Å². The van der Waals surface area contributed by atoms with Gasteiger partial charge in [-0.1, -0.05) is 12.1 Å². The number of nitrogens with one attached hydrogen (secondary N) is 2. The summed E-state index contributed by atoms with van der Waals surface area (Å²) in [7, 11) is 0. The van der Waals surface area contributed by atoms with Gasteiger partial charge < -0.3 is 15.4 Å². The van der Waals surface area contributed by atoms with Crippen LogP contribution in [0.15, 0.2) is 66.7 Å². The standard InChI is InChI=1S/C24H23FN2O3/c1-3-30-23-13-8-17(16(2)28)14-18(23)15-26-22-7-5-4-6-21(22)24(29)27-20-11-9-19(25)10-12-20/h4-14,26H,3,15H2,1-2H3,(H,27,29). The summed E-state index contributed by atoms with van der Waals surface area (Å²) in [5, 5.41) is 6.02. The van der Waals surface area contributed by atoms with E-state index < -0.39 is 0 Å². The largest absolute Gasteiger partial charge is 0.494 e. The minimum absolute atomic E-state index is 0.0293. The molecule has 3 aromatic rings. The van der Waals surface area contributed by atoms with Gasteiger partial charge in [0.2, 0.25) is 0 Å². The molecule has 0 spiro atoms. The maximum Gasteiger partial charge on any atom is 0.257 e. The van der Waals surface area contributed by atoms with Crippen LogP contribution in [0.25, 0.3) is 0 Å². The summed E-state index contributed by atoms with van der Waals surface area (Å²) in [6, 6.07) is 18.0. The highest BCUT2D eigenvalue weighted by molar-refractivity contribution is 6.08. The zero-order valence-corrected chi connectivity index (χ0v) is 16.9. The number of ether oxygens (including phenoxy) is 1. The van der Waals surface area contributed by atoms with Crippen LogP contribution in [0.4, 0.5) is 15.8 Å². The molecule has 3 aromatic carbocycles. The Labute approximate surface area is 174 Å². The molecule has 0 aromatic heterocycles. The van der Waals surface area contributed by atoms with Crippen molar-refractivity contribution in [1.82, 2.24) is 0 Å². The second-order valence-corrected chi connectivity index (χ2v) is 6.67. The van der Waals surface area contributed by atoms with Crippen molar-refractivity contribution in [2.24, 2.45) is 0 Å². The molecule has 0 aliphatic rings. The average Bonchev–Trinajstić information content (AvgIpc) is 2.75. The third kappa shape index (κ3) is 5.23. The summed E-state index contributed by atoms with van der Waals surface area (Å²) >= 11 is 0. The first kappa shape index (κ1) is 21.0. The molecule has 6 heteroatoms. The minimum Gasteiger partial charge on any atom is -0.494 e. The fourth-order valence-electron chi connectivity index (χ4n) is 2.99. The molecule has 5 nitrogen and oxygen atoms in total. The number of halogens is 1. The van der Waals surface area contributed by atoms with Crippen molar-refractivity contribution < 1.29 is 18.7 Å². The van der Waals surface area contributed by atoms with E-state index in [-0.39, 0.29) is 17.5 Å². The van der Waals surface area contributed by atoms with E-state index in [2.05, 4.69) is 10.6 Å². The number of benzene rings is 3. The molecule has 0 heterocycles. The minimum atomic E-state index is -0.368. The van der Waals surface area contributed by atoms with Crippen molar-refractivity contribution in [2.75, 3.05) is 17.2 Å². The zero-order valence-electron chi connectivity index (χ0n) is 16.9. The second-order valence-electron chi connectivity index (χ2n) is 6.67. The molecule has 154 valence electrons. The van der Waals surface area contributed by atoms with Gasteiger partial charge in [-0.05, 0) is 68.4 Å². The summed E-state index contributed by atoms with van der Waals surface area (Å²) in [5.41, 5.74) is 3.00. The molecule has 0 fully saturated rings. The van der Waals surface area contributed by atoms with Crippen LogP contribution in [0.5, 0.6) is 5.75 Å². The van der Waals surface area contributed by atoms with Crippen LogP contribution in [0.2, 0.25) is 0 Å². The molecule has 30 heavy (non-hydrogen) atoms. The molecule has 0 atom stereocenters. The Morgan fingerprint density at radius 1 is 1.00 bits per heavy atom. The van der Waals surface area contributed by atoms with Crippen molar-refractivity contribution >= 4 is 23.1 Å². The van der Waals surface area contributed by atoms with Crippen LogP contribution in [0, 0.1) is 5.82 Å². The normalized spacial score (nSPS) is 10.4. The molecule has 0 saturated carbocycles. The van der Waals surface area contributed by atoms with Gasteiger partial charge in [-0.3, -0.25) is 9.59 Å². The van der Waals surface area contributed by atoms with Crippen molar-refractivity contribution in [3.63, 3.8) is 0 Å². The number of carbonyl (C=O) groups excluding carboxylic acids is 2. The highest BCUT2D eigenvalue weighted by Gasteiger charge is 2.13. The fraction of sp³-hybridized carbons (Fsp3) is 0.167. The van der Waals surface area contributed by atoms with E-state index in [0.29, 0.717) is 41.4 Å². The van der Waals surface area contributed by atoms with Gasteiger partial charge in [0.15, 0.2) is 5.78 Å². The summed E-state index contributed by atoms with van der Waals surface area (Å²) in [6.07, 6.45) is 0. The number of hydrogen-bond donors (Lipinski definition) is 2. The number of anilines is 2. The SMILES string of the molecule is CCOc1ccc(C(C)=O)cc1CNc1ccccc1C(=O)Nc1ccc(F)cc1. The summed E-state index contributed by atoms with van der Waals surface area (Å²) < 4.78 is 18.7. The van der Waals surface area contributed by atoms with Gasteiger partial charge in [-0.25, -0.2) is 4.39 Å². The van der Waals surface area contributed by atoms with E-state index in [1.54, 1.807) is 36.4 Å². The quantitative estimate of drug-likeness (QED) is 0.499. The van der Waals surface area contributed by atoms with Crippen molar-refractivity contribution in [1.29, 1.82) is 0 Å². The van der Waals surface area contributed by atoms with Gasteiger partial charge >= 0.3 is 0 Å². The molecular formula is C24H23FN2O3. The Morgan fingerprint density at radius 2 is 1.73 bits per heavy atom. The van der Waals surface area contributed by atoms with Crippen molar-refractivity contribution in [3.05, 3.63) is 89.2 Å². The van der Waals surface area contributed by atoms with Gasteiger partial charge in [-0.2, -0.15) is 0 Å². The van der Waals surface area contributed by atoms with E-state index >= 15 is 0 Å². The summed E-state index contributed by atoms with van der Waals surface area (Å²) in [4.78, 5) is 24.5. The molecule has 2 N–H and O–H groups in total. The van der Waals surface area contributed by atoms with E-state index in [9.17, 15) is 14.0 Å². The first-order valence-corrected chi connectivity index (χ1v) is 9.64. The van der Waals surface area contributed by atoms with Gasteiger partial charge in [0.1, 0.15) is 11.6 Å². The summed E-state index contributed by atoms with van der Waals surface area (Å²) in [5.74, 6) is -0.0261. The molecule has 0 radical (unpaired) electrons. The molecule has 0 unspecified atom stereocenters. The van der Waals surface area contributed by atoms with E-state index in [0.717, 1.165) is 5.56 Å². The number of hydrogen-bond acceptors (Lipinski definition) is 4. The third-order valence-corrected chi connectivity index (χ3v) is 4.51. The molecule has 3 rings (SSSR count). The fourth-order valence-corrected chi connectivity index (χ4v) is 2.99. The number of amides is 1. The lowest BCUT2D eigenvalue weighted by Crippen LogP contribution is -2.15. The molecule has 0 saturated heterocycles. The predicted octanol–water partition coefficient (Wildman–Crippen LogP) is 5.29. The van der Waals surface area contributed by atoms with Crippen LogP contribution in [-0.2, 0) is 6.54 Å². The molecule has 0 aliphatic carbocycles. The molecule has 0 aliphatic heterocycles. The Bertz CT molecular complexity index is 1050. The van der Waals surface area contributed by atoms with Crippen LogP contribution in [-0.4, -0.2) is 18.3 Å².